The summed E-state index contributed by atoms with van der Waals surface area (Å²) in [5.41, 5.74) is 1.14. The van der Waals surface area contributed by atoms with Crippen LogP contribution in [0.3, 0.4) is 0 Å². The van der Waals surface area contributed by atoms with Gasteiger partial charge in [0.2, 0.25) is 0 Å². The third-order valence-corrected chi connectivity index (χ3v) is 6.16. The van der Waals surface area contributed by atoms with Gasteiger partial charge >= 0.3 is 6.03 Å². The van der Waals surface area contributed by atoms with E-state index in [1.807, 2.05) is 23.1 Å². The van der Waals surface area contributed by atoms with Crippen LogP contribution in [-0.4, -0.2) is 52.4 Å². The third-order valence-electron chi connectivity index (χ3n) is 4.69. The lowest BCUT2D eigenvalue weighted by Crippen LogP contribution is -2.47. The molecule has 23 heavy (non-hydrogen) atoms. The number of carbonyl (C=O) groups excluding carboxylic acids is 1. The summed E-state index contributed by atoms with van der Waals surface area (Å²) in [6, 6.07) is 8.25. The SMILES string of the molecule is COc1ccccc1CC1CCCN1C(=O)NC1CCS(=O)C1. The van der Waals surface area contributed by atoms with Crippen molar-refractivity contribution in [2.24, 2.45) is 0 Å². The fourth-order valence-corrected chi connectivity index (χ4v) is 4.89. The summed E-state index contributed by atoms with van der Waals surface area (Å²) in [4.78, 5) is 14.5. The fraction of sp³-hybridized carbons (Fsp3) is 0.588. The number of rotatable bonds is 4. The molecule has 2 fully saturated rings. The summed E-state index contributed by atoms with van der Waals surface area (Å²) in [5.74, 6) is 2.18. The molecule has 2 heterocycles. The lowest BCUT2D eigenvalue weighted by molar-refractivity contribution is 0.189. The summed E-state index contributed by atoms with van der Waals surface area (Å²) in [5, 5.41) is 3.06. The number of hydrogen-bond acceptors (Lipinski definition) is 3. The Labute approximate surface area is 139 Å². The Kier molecular flexibility index (Phi) is 5.20. The van der Waals surface area contributed by atoms with E-state index in [4.69, 9.17) is 4.74 Å². The highest BCUT2D eigenvalue weighted by Gasteiger charge is 2.31. The van der Waals surface area contributed by atoms with Crippen LogP contribution in [0, 0.1) is 0 Å². The van der Waals surface area contributed by atoms with E-state index >= 15 is 0 Å². The minimum absolute atomic E-state index is 0.00806. The molecule has 0 bridgehead atoms. The van der Waals surface area contributed by atoms with Gasteiger partial charge in [0.1, 0.15) is 5.75 Å². The Morgan fingerprint density at radius 1 is 1.39 bits per heavy atom. The highest BCUT2D eigenvalue weighted by molar-refractivity contribution is 7.85. The monoisotopic (exact) mass is 336 g/mol. The molecule has 0 spiro atoms. The molecule has 2 aliphatic rings. The van der Waals surface area contributed by atoms with Crippen LogP contribution in [0.2, 0.25) is 0 Å². The molecule has 2 saturated heterocycles. The zero-order valence-electron chi connectivity index (χ0n) is 13.5. The average molecular weight is 336 g/mol. The van der Waals surface area contributed by atoms with Gasteiger partial charge in [0.15, 0.2) is 0 Å². The molecule has 0 saturated carbocycles. The standard InChI is InChI=1S/C17H24N2O3S/c1-22-16-7-3-2-5-13(16)11-15-6-4-9-19(15)17(20)18-14-8-10-23(21)12-14/h2-3,5,7,14-15H,4,6,8-12H2,1H3,(H,18,20). The van der Waals surface area contributed by atoms with Gasteiger partial charge in [-0.1, -0.05) is 18.2 Å². The molecule has 0 radical (unpaired) electrons. The minimum atomic E-state index is -0.765. The largest absolute Gasteiger partial charge is 0.496 e. The molecule has 0 aliphatic carbocycles. The third kappa shape index (κ3) is 3.86. The molecule has 2 amide bonds. The van der Waals surface area contributed by atoms with Crippen molar-refractivity contribution >= 4 is 16.8 Å². The number of nitrogens with one attached hydrogen (secondary N) is 1. The number of amides is 2. The Morgan fingerprint density at radius 2 is 2.22 bits per heavy atom. The molecule has 3 unspecified atom stereocenters. The van der Waals surface area contributed by atoms with Crippen LogP contribution in [0.1, 0.15) is 24.8 Å². The van der Waals surface area contributed by atoms with Crippen LogP contribution in [-0.2, 0) is 17.2 Å². The zero-order valence-corrected chi connectivity index (χ0v) is 14.3. The first-order chi connectivity index (χ1) is 11.2. The van der Waals surface area contributed by atoms with Gasteiger partial charge in [-0.05, 0) is 37.3 Å². The predicted octanol–water partition coefficient (Wildman–Crippen LogP) is 1.93. The second kappa shape index (κ2) is 7.34. The summed E-state index contributed by atoms with van der Waals surface area (Å²) < 4.78 is 16.9. The van der Waals surface area contributed by atoms with E-state index in [0.717, 1.165) is 43.5 Å². The van der Waals surface area contributed by atoms with Crippen molar-refractivity contribution in [1.29, 1.82) is 0 Å². The lowest BCUT2D eigenvalue weighted by atomic mass is 10.0. The molecule has 1 N–H and O–H groups in total. The van der Waals surface area contributed by atoms with Crippen molar-refractivity contribution in [2.45, 2.75) is 37.8 Å². The number of para-hydroxylation sites is 1. The van der Waals surface area contributed by atoms with Gasteiger partial charge in [-0.3, -0.25) is 4.21 Å². The lowest BCUT2D eigenvalue weighted by Gasteiger charge is -2.27. The van der Waals surface area contributed by atoms with Crippen LogP contribution in [0.4, 0.5) is 4.79 Å². The van der Waals surface area contributed by atoms with Crippen LogP contribution in [0.5, 0.6) is 5.75 Å². The Morgan fingerprint density at radius 3 is 2.96 bits per heavy atom. The van der Waals surface area contributed by atoms with E-state index in [9.17, 15) is 9.00 Å². The minimum Gasteiger partial charge on any atom is -0.496 e. The highest BCUT2D eigenvalue weighted by Crippen LogP contribution is 2.26. The van der Waals surface area contributed by atoms with E-state index in [1.165, 1.54) is 0 Å². The van der Waals surface area contributed by atoms with E-state index in [-0.39, 0.29) is 18.1 Å². The van der Waals surface area contributed by atoms with E-state index < -0.39 is 10.8 Å². The van der Waals surface area contributed by atoms with E-state index in [1.54, 1.807) is 7.11 Å². The summed E-state index contributed by atoms with van der Waals surface area (Å²) in [7, 11) is 0.914. The summed E-state index contributed by atoms with van der Waals surface area (Å²) in [6.07, 6.45) is 3.68. The highest BCUT2D eigenvalue weighted by atomic mass is 32.2. The average Bonchev–Trinajstić information content (AvgIpc) is 3.17. The number of benzene rings is 1. The maximum Gasteiger partial charge on any atom is 0.317 e. The first-order valence-corrected chi connectivity index (χ1v) is 9.70. The van der Waals surface area contributed by atoms with Crippen LogP contribution < -0.4 is 10.1 Å². The maximum absolute atomic E-state index is 12.5. The van der Waals surface area contributed by atoms with Crippen molar-refractivity contribution in [3.05, 3.63) is 29.8 Å². The number of nitrogens with zero attached hydrogens (tertiary/aromatic N) is 1. The van der Waals surface area contributed by atoms with Crippen LogP contribution >= 0.6 is 0 Å². The van der Waals surface area contributed by atoms with Crippen molar-refractivity contribution < 1.29 is 13.7 Å². The topological polar surface area (TPSA) is 58.6 Å². The molecule has 2 aliphatic heterocycles. The van der Waals surface area contributed by atoms with Crippen molar-refractivity contribution in [3.8, 4) is 5.75 Å². The normalized spacial score (nSPS) is 27.2. The molecule has 3 atom stereocenters. The van der Waals surface area contributed by atoms with Gasteiger partial charge in [-0.15, -0.1) is 0 Å². The Balaban J connectivity index is 1.63. The molecule has 1 aromatic rings. The Bertz CT molecular complexity index is 593. The van der Waals surface area contributed by atoms with Crippen molar-refractivity contribution in [2.75, 3.05) is 25.2 Å². The molecular weight excluding hydrogens is 312 g/mol. The van der Waals surface area contributed by atoms with E-state index in [0.29, 0.717) is 11.5 Å². The van der Waals surface area contributed by atoms with Gasteiger partial charge in [-0.2, -0.15) is 0 Å². The second-order valence-electron chi connectivity index (χ2n) is 6.25. The fourth-order valence-electron chi connectivity index (χ4n) is 3.48. The van der Waals surface area contributed by atoms with Gasteiger partial charge < -0.3 is 15.0 Å². The van der Waals surface area contributed by atoms with Gasteiger partial charge in [0, 0.05) is 40.9 Å². The molecule has 126 valence electrons. The maximum atomic E-state index is 12.5. The summed E-state index contributed by atoms with van der Waals surface area (Å²) in [6.45, 7) is 0.793. The zero-order chi connectivity index (χ0) is 16.2. The quantitative estimate of drug-likeness (QED) is 0.914. The first-order valence-electron chi connectivity index (χ1n) is 8.21. The molecule has 1 aromatic carbocycles. The number of urea groups is 1. The second-order valence-corrected chi connectivity index (χ2v) is 7.87. The Hall–Kier alpha value is -1.56. The number of hydrogen-bond donors (Lipinski definition) is 1. The molecule has 3 rings (SSSR count). The number of ether oxygens (including phenoxy) is 1. The smallest absolute Gasteiger partial charge is 0.317 e. The van der Waals surface area contributed by atoms with Gasteiger partial charge in [-0.25, -0.2) is 4.79 Å². The van der Waals surface area contributed by atoms with Crippen molar-refractivity contribution in [1.82, 2.24) is 10.2 Å². The molecule has 5 nitrogen and oxygen atoms in total. The molecule has 6 heteroatoms. The van der Waals surface area contributed by atoms with E-state index in [2.05, 4.69) is 11.4 Å². The van der Waals surface area contributed by atoms with Crippen LogP contribution in [0.15, 0.2) is 24.3 Å². The predicted molar refractivity (Wildman–Crippen MR) is 91.2 cm³/mol. The van der Waals surface area contributed by atoms with Gasteiger partial charge in [0.05, 0.1) is 7.11 Å². The van der Waals surface area contributed by atoms with Crippen molar-refractivity contribution in [3.63, 3.8) is 0 Å². The van der Waals surface area contributed by atoms with Crippen LogP contribution in [0.25, 0.3) is 0 Å². The number of methoxy groups -OCH3 is 1. The van der Waals surface area contributed by atoms with Gasteiger partial charge in [0.25, 0.3) is 0 Å². The summed E-state index contributed by atoms with van der Waals surface area (Å²) >= 11 is 0. The first kappa shape index (κ1) is 16.3. The molecular formula is C17H24N2O3S. The number of likely N-dealkylation sites (tertiary alicyclic amines) is 1. The molecule has 0 aromatic heterocycles. The number of carbonyl (C=O) groups is 1.